The molecule has 2 aliphatic heterocycles. The van der Waals surface area contributed by atoms with Gasteiger partial charge in [0, 0.05) is 25.6 Å². The van der Waals surface area contributed by atoms with E-state index in [4.69, 9.17) is 4.74 Å². The van der Waals surface area contributed by atoms with Gasteiger partial charge in [-0.3, -0.25) is 24.1 Å². The van der Waals surface area contributed by atoms with Gasteiger partial charge >= 0.3 is 5.97 Å². The first-order valence-corrected chi connectivity index (χ1v) is 11.0. The summed E-state index contributed by atoms with van der Waals surface area (Å²) in [7, 11) is 0. The molecule has 2 atom stereocenters. The normalized spacial score (nSPS) is 23.2. The van der Waals surface area contributed by atoms with Crippen molar-refractivity contribution in [3.63, 3.8) is 0 Å². The maximum Gasteiger partial charge on any atom is 0.306 e. The molecule has 1 saturated heterocycles. The predicted molar refractivity (Wildman–Crippen MR) is 109 cm³/mol. The van der Waals surface area contributed by atoms with Crippen molar-refractivity contribution < 1.29 is 23.9 Å². The quantitative estimate of drug-likeness (QED) is 0.530. The molecule has 3 aliphatic rings. The lowest BCUT2D eigenvalue weighted by molar-refractivity contribution is -0.155. The Bertz CT molecular complexity index is 815. The first-order valence-electron chi connectivity index (χ1n) is 11.0. The summed E-state index contributed by atoms with van der Waals surface area (Å²) in [5.74, 6) is -0.651. The molecule has 1 aliphatic carbocycles. The van der Waals surface area contributed by atoms with E-state index in [9.17, 15) is 19.2 Å². The van der Waals surface area contributed by atoms with Crippen molar-refractivity contribution in [3.8, 4) is 0 Å². The summed E-state index contributed by atoms with van der Waals surface area (Å²) in [5, 5.41) is 0. The molecule has 7 heteroatoms. The van der Waals surface area contributed by atoms with Crippen LogP contribution in [-0.4, -0.2) is 59.2 Å². The minimum Gasteiger partial charge on any atom is -0.456 e. The first-order chi connectivity index (χ1) is 14.6. The van der Waals surface area contributed by atoms with Crippen molar-refractivity contribution in [2.24, 2.45) is 5.92 Å². The number of hydrogen-bond donors (Lipinski definition) is 0. The van der Waals surface area contributed by atoms with Gasteiger partial charge in [0.05, 0.1) is 11.1 Å². The number of hydrogen-bond acceptors (Lipinski definition) is 5. The molecule has 3 amide bonds. The van der Waals surface area contributed by atoms with Crippen molar-refractivity contribution in [3.05, 3.63) is 35.4 Å². The summed E-state index contributed by atoms with van der Waals surface area (Å²) in [4.78, 5) is 52.4. The van der Waals surface area contributed by atoms with Crippen LogP contribution in [0.5, 0.6) is 0 Å². The van der Waals surface area contributed by atoms with Crippen LogP contribution in [0.4, 0.5) is 0 Å². The smallest absolute Gasteiger partial charge is 0.306 e. The Hall–Kier alpha value is -2.70. The lowest BCUT2D eigenvalue weighted by Crippen LogP contribution is -2.50. The summed E-state index contributed by atoms with van der Waals surface area (Å²) in [6.45, 7) is 0.678. The Morgan fingerprint density at radius 1 is 0.967 bits per heavy atom. The van der Waals surface area contributed by atoms with Crippen LogP contribution in [0.25, 0.3) is 0 Å². The van der Waals surface area contributed by atoms with Crippen LogP contribution in [0, 0.1) is 5.92 Å². The summed E-state index contributed by atoms with van der Waals surface area (Å²) >= 11 is 0. The molecule has 7 nitrogen and oxygen atoms in total. The summed E-state index contributed by atoms with van der Waals surface area (Å²) in [6.07, 6.45) is 7.21. The van der Waals surface area contributed by atoms with Gasteiger partial charge in [0.15, 0.2) is 6.61 Å². The predicted octanol–water partition coefficient (Wildman–Crippen LogP) is 2.79. The molecule has 0 bridgehead atoms. The number of fused-ring (bicyclic) bond motifs is 2. The number of benzene rings is 1. The van der Waals surface area contributed by atoms with E-state index in [0.29, 0.717) is 29.5 Å². The van der Waals surface area contributed by atoms with Crippen molar-refractivity contribution >= 4 is 23.7 Å². The molecule has 0 unspecified atom stereocenters. The number of ether oxygens (including phenoxy) is 1. The van der Waals surface area contributed by atoms with Crippen molar-refractivity contribution in [2.45, 2.75) is 57.4 Å². The number of carbonyl (C=O) groups excluding carboxylic acids is 4. The highest BCUT2D eigenvalue weighted by atomic mass is 16.5. The number of carbonyl (C=O) groups is 4. The van der Waals surface area contributed by atoms with Crippen LogP contribution in [0.1, 0.15) is 72.1 Å². The Kier molecular flexibility index (Phi) is 6.16. The van der Waals surface area contributed by atoms with Crippen molar-refractivity contribution in [1.29, 1.82) is 0 Å². The fourth-order valence-electron chi connectivity index (χ4n) is 5.06. The third-order valence-electron chi connectivity index (χ3n) is 6.56. The van der Waals surface area contributed by atoms with Gasteiger partial charge in [-0.1, -0.05) is 25.0 Å². The molecular weight excluding hydrogens is 384 g/mol. The molecular formula is C23H28N2O5. The molecule has 160 valence electrons. The van der Waals surface area contributed by atoms with Crippen LogP contribution < -0.4 is 0 Å². The Morgan fingerprint density at radius 3 is 2.37 bits per heavy atom. The second kappa shape index (κ2) is 8.98. The zero-order valence-corrected chi connectivity index (χ0v) is 17.2. The highest BCUT2D eigenvalue weighted by Gasteiger charge is 2.36. The first kappa shape index (κ1) is 20.6. The zero-order valence-electron chi connectivity index (χ0n) is 17.2. The van der Waals surface area contributed by atoms with Crippen molar-refractivity contribution in [2.75, 3.05) is 19.7 Å². The maximum atomic E-state index is 12.6. The SMILES string of the molecule is O=C(CCCN1C(=O)c2ccccc2C1=O)OCC(=O)N1CCC[C@H]2CCCC[C@H]21. The number of esters is 1. The molecule has 4 rings (SSSR count). The number of amides is 3. The Labute approximate surface area is 176 Å². The van der Waals surface area contributed by atoms with Gasteiger partial charge in [-0.25, -0.2) is 0 Å². The Balaban J connectivity index is 1.21. The van der Waals surface area contributed by atoms with Gasteiger partial charge in [-0.05, 0) is 50.2 Å². The van der Waals surface area contributed by atoms with E-state index in [1.165, 1.54) is 24.2 Å². The molecule has 1 aromatic carbocycles. The standard InChI is InChI=1S/C23H28N2O5/c26-20(24-13-5-8-16-7-1-4-11-19(16)24)15-30-21(27)12-6-14-25-22(28)17-9-2-3-10-18(17)23(25)29/h2-3,9-10,16,19H,1,4-8,11-15H2/t16-,19-/m1/s1. The summed E-state index contributed by atoms with van der Waals surface area (Å²) < 4.78 is 5.20. The van der Waals surface area contributed by atoms with Crippen LogP contribution in [0.2, 0.25) is 0 Å². The third-order valence-corrected chi connectivity index (χ3v) is 6.56. The van der Waals surface area contributed by atoms with E-state index in [1.807, 2.05) is 4.90 Å². The van der Waals surface area contributed by atoms with E-state index in [0.717, 1.165) is 25.8 Å². The number of imide groups is 1. The fraction of sp³-hybridized carbons (Fsp3) is 0.565. The molecule has 1 aromatic rings. The van der Waals surface area contributed by atoms with E-state index in [-0.39, 0.29) is 37.3 Å². The van der Waals surface area contributed by atoms with Crippen molar-refractivity contribution in [1.82, 2.24) is 9.80 Å². The maximum absolute atomic E-state index is 12.6. The molecule has 2 heterocycles. The van der Waals surface area contributed by atoms with Gasteiger partial charge in [-0.2, -0.15) is 0 Å². The molecule has 30 heavy (non-hydrogen) atoms. The summed E-state index contributed by atoms with van der Waals surface area (Å²) in [5.41, 5.74) is 0.802. The van der Waals surface area contributed by atoms with Crippen LogP contribution >= 0.6 is 0 Å². The second-order valence-electron chi connectivity index (χ2n) is 8.41. The lowest BCUT2D eigenvalue weighted by Gasteiger charge is -2.44. The number of likely N-dealkylation sites (tertiary alicyclic amines) is 1. The summed E-state index contributed by atoms with van der Waals surface area (Å²) in [6, 6.07) is 7.01. The topological polar surface area (TPSA) is 84.0 Å². The molecule has 0 N–H and O–H groups in total. The average Bonchev–Trinajstić information content (AvgIpc) is 3.02. The van der Waals surface area contributed by atoms with Crippen LogP contribution in [0.3, 0.4) is 0 Å². The minimum absolute atomic E-state index is 0.0622. The molecule has 1 saturated carbocycles. The highest BCUT2D eigenvalue weighted by Crippen LogP contribution is 2.35. The van der Waals surface area contributed by atoms with Gasteiger partial charge in [0.1, 0.15) is 0 Å². The van der Waals surface area contributed by atoms with Gasteiger partial charge < -0.3 is 9.64 Å². The number of piperidine rings is 1. The zero-order chi connectivity index (χ0) is 21.1. The van der Waals surface area contributed by atoms with Gasteiger partial charge in [-0.15, -0.1) is 0 Å². The lowest BCUT2D eigenvalue weighted by atomic mass is 9.78. The highest BCUT2D eigenvalue weighted by molar-refractivity contribution is 6.21. The molecule has 0 radical (unpaired) electrons. The van der Waals surface area contributed by atoms with E-state index in [1.54, 1.807) is 24.3 Å². The van der Waals surface area contributed by atoms with Crippen LogP contribution in [-0.2, 0) is 14.3 Å². The van der Waals surface area contributed by atoms with Gasteiger partial charge in [0.2, 0.25) is 0 Å². The van der Waals surface area contributed by atoms with E-state index >= 15 is 0 Å². The molecule has 0 spiro atoms. The molecule has 2 fully saturated rings. The van der Waals surface area contributed by atoms with Gasteiger partial charge in [0.25, 0.3) is 17.7 Å². The second-order valence-corrected chi connectivity index (χ2v) is 8.41. The monoisotopic (exact) mass is 412 g/mol. The fourth-order valence-corrected chi connectivity index (χ4v) is 5.06. The Morgan fingerprint density at radius 2 is 1.63 bits per heavy atom. The number of rotatable bonds is 6. The van der Waals surface area contributed by atoms with E-state index in [2.05, 4.69) is 0 Å². The molecule has 0 aromatic heterocycles. The number of nitrogens with zero attached hydrogens (tertiary/aromatic N) is 2. The third kappa shape index (κ3) is 4.11. The van der Waals surface area contributed by atoms with Crippen LogP contribution in [0.15, 0.2) is 24.3 Å². The average molecular weight is 412 g/mol. The largest absolute Gasteiger partial charge is 0.456 e. The minimum atomic E-state index is -0.475. The van der Waals surface area contributed by atoms with E-state index < -0.39 is 5.97 Å².